The predicted molar refractivity (Wildman–Crippen MR) is 63.7 cm³/mol. The van der Waals surface area contributed by atoms with Gasteiger partial charge in [0.25, 0.3) is 0 Å². The van der Waals surface area contributed by atoms with Crippen LogP contribution in [-0.2, 0) is 11.2 Å². The van der Waals surface area contributed by atoms with Crippen molar-refractivity contribution in [2.24, 2.45) is 0 Å². The average Bonchev–Trinajstić information content (AvgIpc) is 2.70. The van der Waals surface area contributed by atoms with E-state index in [-0.39, 0.29) is 5.91 Å². The van der Waals surface area contributed by atoms with E-state index in [1.165, 1.54) is 6.20 Å². The van der Waals surface area contributed by atoms with Crippen molar-refractivity contribution in [2.45, 2.75) is 6.42 Å². The first-order chi connectivity index (χ1) is 7.74. The molecule has 0 aliphatic heterocycles. The first-order valence-corrected chi connectivity index (χ1v) is 5.71. The highest BCUT2D eigenvalue weighted by Gasteiger charge is 2.05. The van der Waals surface area contributed by atoms with Crippen LogP contribution in [0.15, 0.2) is 30.5 Å². The number of hydrogen-bond acceptors (Lipinski definition) is 4. The molecule has 82 valence electrons. The summed E-state index contributed by atoms with van der Waals surface area (Å²) in [5.41, 5.74) is 0.877. The Morgan fingerprint density at radius 3 is 3.06 bits per heavy atom. The van der Waals surface area contributed by atoms with Crippen LogP contribution in [0.2, 0.25) is 5.02 Å². The smallest absolute Gasteiger partial charge is 0.229 e. The van der Waals surface area contributed by atoms with Crippen molar-refractivity contribution in [1.29, 1.82) is 0 Å². The van der Waals surface area contributed by atoms with Crippen molar-refractivity contribution in [3.05, 3.63) is 41.0 Å². The van der Waals surface area contributed by atoms with Crippen molar-refractivity contribution < 1.29 is 4.79 Å². The van der Waals surface area contributed by atoms with E-state index in [4.69, 9.17) is 11.6 Å². The summed E-state index contributed by atoms with van der Waals surface area (Å²) in [6, 6.07) is 7.22. The molecule has 16 heavy (non-hydrogen) atoms. The van der Waals surface area contributed by atoms with Crippen molar-refractivity contribution in [1.82, 2.24) is 9.59 Å². The van der Waals surface area contributed by atoms with Crippen LogP contribution in [0.3, 0.4) is 0 Å². The number of nitrogens with zero attached hydrogens (tertiary/aromatic N) is 2. The molecular weight excluding hydrogens is 246 g/mol. The van der Waals surface area contributed by atoms with Gasteiger partial charge >= 0.3 is 0 Å². The van der Waals surface area contributed by atoms with E-state index < -0.39 is 0 Å². The van der Waals surface area contributed by atoms with Gasteiger partial charge in [0.1, 0.15) is 5.00 Å². The minimum atomic E-state index is -0.103. The molecule has 6 heteroatoms. The maximum Gasteiger partial charge on any atom is 0.229 e. The molecule has 0 aliphatic rings. The number of aromatic nitrogens is 2. The van der Waals surface area contributed by atoms with Gasteiger partial charge < -0.3 is 5.32 Å². The normalized spacial score (nSPS) is 10.1. The highest BCUT2D eigenvalue weighted by atomic mass is 35.5. The Balaban J connectivity index is 1.97. The summed E-state index contributed by atoms with van der Waals surface area (Å²) in [6.07, 6.45) is 1.80. The number of carbonyl (C=O) groups is 1. The lowest BCUT2D eigenvalue weighted by molar-refractivity contribution is -0.115. The number of hydrogen-bond donors (Lipinski definition) is 1. The molecule has 4 nitrogen and oxygen atoms in total. The molecule has 0 saturated heterocycles. The van der Waals surface area contributed by atoms with Crippen LogP contribution < -0.4 is 5.32 Å². The summed E-state index contributed by atoms with van der Waals surface area (Å²) in [7, 11) is 0. The molecule has 2 aromatic rings. The number of benzene rings is 1. The molecule has 0 radical (unpaired) electrons. The third-order valence-corrected chi connectivity index (χ3v) is 2.69. The summed E-state index contributed by atoms with van der Waals surface area (Å²) in [5.74, 6) is -0.103. The zero-order valence-electron chi connectivity index (χ0n) is 8.18. The molecule has 1 amide bonds. The number of nitrogens with one attached hydrogen (secondary N) is 1. The van der Waals surface area contributed by atoms with Gasteiger partial charge in [-0.3, -0.25) is 4.79 Å². The fraction of sp³-hybridized carbons (Fsp3) is 0.100. The zero-order valence-corrected chi connectivity index (χ0v) is 9.76. The molecule has 1 N–H and O–H groups in total. The monoisotopic (exact) mass is 253 g/mol. The number of anilines is 1. The lowest BCUT2D eigenvalue weighted by Crippen LogP contribution is -2.13. The van der Waals surface area contributed by atoms with Gasteiger partial charge in [-0.25, -0.2) is 0 Å². The van der Waals surface area contributed by atoms with E-state index in [0.29, 0.717) is 16.4 Å². The van der Waals surface area contributed by atoms with Crippen LogP contribution in [0.4, 0.5) is 5.00 Å². The van der Waals surface area contributed by atoms with Gasteiger partial charge in [0.2, 0.25) is 5.91 Å². The molecule has 1 aromatic carbocycles. The van der Waals surface area contributed by atoms with Crippen molar-refractivity contribution in [3.63, 3.8) is 0 Å². The van der Waals surface area contributed by atoms with E-state index in [1.807, 2.05) is 12.1 Å². The summed E-state index contributed by atoms with van der Waals surface area (Å²) in [6.45, 7) is 0. The Kier molecular flexibility index (Phi) is 3.48. The van der Waals surface area contributed by atoms with Crippen LogP contribution in [0.1, 0.15) is 5.56 Å². The topological polar surface area (TPSA) is 54.9 Å². The third kappa shape index (κ3) is 3.01. The molecule has 0 fully saturated rings. The maximum absolute atomic E-state index is 11.6. The largest absolute Gasteiger partial charge is 0.315 e. The van der Waals surface area contributed by atoms with Crippen LogP contribution in [0, 0.1) is 0 Å². The van der Waals surface area contributed by atoms with E-state index in [9.17, 15) is 4.79 Å². The van der Waals surface area contributed by atoms with Gasteiger partial charge in [0, 0.05) is 16.6 Å². The quantitative estimate of drug-likeness (QED) is 0.914. The molecule has 2 rings (SSSR count). The van der Waals surface area contributed by atoms with Crippen molar-refractivity contribution in [3.8, 4) is 0 Å². The molecular formula is C10H8ClN3OS. The van der Waals surface area contributed by atoms with E-state index >= 15 is 0 Å². The Morgan fingerprint density at radius 2 is 2.38 bits per heavy atom. The molecule has 0 unspecified atom stereocenters. The van der Waals surface area contributed by atoms with E-state index in [0.717, 1.165) is 17.1 Å². The van der Waals surface area contributed by atoms with Crippen LogP contribution in [-0.4, -0.2) is 15.5 Å². The van der Waals surface area contributed by atoms with Crippen molar-refractivity contribution in [2.75, 3.05) is 5.32 Å². The van der Waals surface area contributed by atoms with Crippen LogP contribution in [0.5, 0.6) is 0 Å². The summed E-state index contributed by atoms with van der Waals surface area (Å²) >= 11 is 6.97. The third-order valence-electron chi connectivity index (χ3n) is 1.88. The summed E-state index contributed by atoms with van der Waals surface area (Å²) < 4.78 is 3.65. The molecule has 1 heterocycles. The number of carbonyl (C=O) groups excluding carboxylic acids is 1. The molecule has 1 aromatic heterocycles. The molecule has 0 bridgehead atoms. The first-order valence-electron chi connectivity index (χ1n) is 4.56. The fourth-order valence-corrected chi connectivity index (χ4v) is 1.89. The fourth-order valence-electron chi connectivity index (χ4n) is 1.24. The Hall–Kier alpha value is -1.46. The highest BCUT2D eigenvalue weighted by molar-refractivity contribution is 7.10. The average molecular weight is 254 g/mol. The van der Waals surface area contributed by atoms with Crippen LogP contribution in [0.25, 0.3) is 0 Å². The molecule has 0 saturated carbocycles. The van der Waals surface area contributed by atoms with Gasteiger partial charge in [0.05, 0.1) is 12.6 Å². The number of amides is 1. The van der Waals surface area contributed by atoms with Gasteiger partial charge in [0.15, 0.2) is 0 Å². The van der Waals surface area contributed by atoms with Gasteiger partial charge in [-0.05, 0) is 17.7 Å². The standard InChI is InChI=1S/C10H8ClN3OS/c11-8-3-1-2-7(4-8)5-9(15)13-10-6-12-14-16-10/h1-4,6H,5H2,(H,13,15). The van der Waals surface area contributed by atoms with E-state index in [2.05, 4.69) is 14.9 Å². The van der Waals surface area contributed by atoms with Gasteiger partial charge in [-0.1, -0.05) is 28.2 Å². The predicted octanol–water partition coefficient (Wildman–Crippen LogP) is 2.37. The number of rotatable bonds is 3. The lowest BCUT2D eigenvalue weighted by atomic mass is 10.1. The Labute approximate surface area is 101 Å². The maximum atomic E-state index is 11.6. The van der Waals surface area contributed by atoms with Crippen LogP contribution >= 0.6 is 23.1 Å². The highest BCUT2D eigenvalue weighted by Crippen LogP contribution is 2.13. The minimum absolute atomic E-state index is 0.103. The summed E-state index contributed by atoms with van der Waals surface area (Å²) in [4.78, 5) is 11.6. The van der Waals surface area contributed by atoms with Crippen molar-refractivity contribution >= 4 is 34.0 Å². The second-order valence-corrected chi connectivity index (χ2v) is 4.36. The summed E-state index contributed by atoms with van der Waals surface area (Å²) in [5, 5.41) is 7.61. The zero-order chi connectivity index (χ0) is 11.4. The van der Waals surface area contributed by atoms with E-state index in [1.54, 1.807) is 12.1 Å². The molecule has 0 aliphatic carbocycles. The first kappa shape index (κ1) is 11.0. The Morgan fingerprint density at radius 1 is 1.50 bits per heavy atom. The van der Waals surface area contributed by atoms with Gasteiger partial charge in [-0.15, -0.1) is 5.10 Å². The SMILES string of the molecule is O=C(Cc1cccc(Cl)c1)Nc1cnns1. The number of halogens is 1. The lowest BCUT2D eigenvalue weighted by Gasteiger charge is -2.02. The minimum Gasteiger partial charge on any atom is -0.315 e. The Bertz CT molecular complexity index is 487. The second kappa shape index (κ2) is 5.05. The molecule has 0 atom stereocenters. The second-order valence-electron chi connectivity index (χ2n) is 3.14. The van der Waals surface area contributed by atoms with Gasteiger partial charge in [-0.2, -0.15) is 0 Å². The molecule has 0 spiro atoms.